The molecule has 4 N–H and O–H groups in total. The number of hydrogen-bond acceptors (Lipinski definition) is 3. The second-order valence-corrected chi connectivity index (χ2v) is 5.67. The Morgan fingerprint density at radius 2 is 2.06 bits per heavy atom. The normalized spacial score (nSPS) is 20.1. The fourth-order valence-corrected chi connectivity index (χ4v) is 1.75. The van der Waals surface area contributed by atoms with Crippen LogP contribution < -0.4 is 11.5 Å². The van der Waals surface area contributed by atoms with Crippen LogP contribution >= 0.6 is 0 Å². The highest BCUT2D eigenvalue weighted by molar-refractivity contribution is 5.84. The lowest BCUT2D eigenvalue weighted by molar-refractivity contribution is -0.123. The summed E-state index contributed by atoms with van der Waals surface area (Å²) in [6.07, 6.45) is 3.60. The zero-order chi connectivity index (χ0) is 12.3. The molecule has 0 aromatic rings. The van der Waals surface area contributed by atoms with E-state index in [0.29, 0.717) is 18.5 Å². The lowest BCUT2D eigenvalue weighted by atomic mass is 10.0. The van der Waals surface area contributed by atoms with Crippen molar-refractivity contribution in [2.45, 2.75) is 51.6 Å². The predicted octanol–water partition coefficient (Wildman–Crippen LogP) is 0.700. The third-order valence-electron chi connectivity index (χ3n) is 3.15. The molecule has 0 aromatic heterocycles. The zero-order valence-electron chi connectivity index (χ0n) is 10.7. The van der Waals surface area contributed by atoms with Gasteiger partial charge in [0.1, 0.15) is 5.54 Å². The molecule has 0 aromatic carbocycles. The number of primary amides is 1. The monoisotopic (exact) mass is 227 g/mol. The quantitative estimate of drug-likeness (QED) is 0.672. The molecule has 0 saturated heterocycles. The van der Waals surface area contributed by atoms with Crippen molar-refractivity contribution in [1.82, 2.24) is 4.90 Å². The number of hydrogen-bond donors (Lipinski definition) is 2. The molecule has 0 aliphatic heterocycles. The van der Waals surface area contributed by atoms with Gasteiger partial charge in [-0.2, -0.15) is 0 Å². The molecule has 1 fully saturated rings. The first-order chi connectivity index (χ1) is 7.33. The minimum absolute atomic E-state index is 0.414. The molecule has 1 aliphatic carbocycles. The highest BCUT2D eigenvalue weighted by Crippen LogP contribution is 2.28. The van der Waals surface area contributed by atoms with Crippen molar-refractivity contribution in [2.75, 3.05) is 13.1 Å². The maximum Gasteiger partial charge on any atom is 0.238 e. The molecule has 94 valence electrons. The van der Waals surface area contributed by atoms with E-state index in [2.05, 4.69) is 18.7 Å². The predicted molar refractivity (Wildman–Crippen MR) is 65.8 cm³/mol. The Bertz CT molecular complexity index is 247. The molecule has 1 rings (SSSR count). The van der Waals surface area contributed by atoms with E-state index in [-0.39, 0.29) is 0 Å². The van der Waals surface area contributed by atoms with Crippen LogP contribution in [0.25, 0.3) is 0 Å². The van der Waals surface area contributed by atoms with Crippen molar-refractivity contribution in [1.29, 1.82) is 0 Å². The molecular formula is C12H25N3O. The molecule has 1 aliphatic rings. The third kappa shape index (κ3) is 4.10. The molecule has 4 heteroatoms. The Balaban J connectivity index is 2.47. The first kappa shape index (κ1) is 13.5. The van der Waals surface area contributed by atoms with Gasteiger partial charge >= 0.3 is 0 Å². The summed E-state index contributed by atoms with van der Waals surface area (Å²) < 4.78 is 0. The molecule has 0 spiro atoms. The maximum atomic E-state index is 11.2. The van der Waals surface area contributed by atoms with E-state index < -0.39 is 11.4 Å². The number of nitrogens with two attached hydrogens (primary N) is 2. The van der Waals surface area contributed by atoms with Crippen LogP contribution in [0.3, 0.4) is 0 Å². The van der Waals surface area contributed by atoms with Gasteiger partial charge < -0.3 is 11.5 Å². The molecule has 0 radical (unpaired) electrons. The second-order valence-electron chi connectivity index (χ2n) is 5.67. The van der Waals surface area contributed by atoms with E-state index in [9.17, 15) is 4.79 Å². The third-order valence-corrected chi connectivity index (χ3v) is 3.15. The Hall–Kier alpha value is -0.610. The minimum atomic E-state index is -0.903. The maximum absolute atomic E-state index is 11.2. The summed E-state index contributed by atoms with van der Waals surface area (Å²) in [4.78, 5) is 13.5. The average Bonchev–Trinajstić information content (AvgIpc) is 2.94. The van der Waals surface area contributed by atoms with Crippen molar-refractivity contribution in [3.05, 3.63) is 0 Å². The Morgan fingerprint density at radius 3 is 2.44 bits per heavy atom. The lowest BCUT2D eigenvalue weighted by Crippen LogP contribution is -2.57. The average molecular weight is 227 g/mol. The SMILES string of the molecule is CC(C)CCN(CC(C)(N)C(N)=O)C1CC1. The van der Waals surface area contributed by atoms with E-state index in [4.69, 9.17) is 11.5 Å². The van der Waals surface area contributed by atoms with Gasteiger partial charge in [-0.25, -0.2) is 0 Å². The number of rotatable bonds is 7. The van der Waals surface area contributed by atoms with E-state index in [1.54, 1.807) is 6.92 Å². The van der Waals surface area contributed by atoms with Crippen LogP contribution in [0, 0.1) is 5.92 Å². The Labute approximate surface area is 98.3 Å². The van der Waals surface area contributed by atoms with Gasteiger partial charge in [-0.15, -0.1) is 0 Å². The van der Waals surface area contributed by atoms with E-state index in [1.165, 1.54) is 12.8 Å². The number of amides is 1. The largest absolute Gasteiger partial charge is 0.368 e. The summed E-state index contributed by atoms with van der Waals surface area (Å²) in [5, 5.41) is 0. The Kier molecular flexibility index (Phi) is 4.33. The first-order valence-corrected chi connectivity index (χ1v) is 6.16. The topological polar surface area (TPSA) is 72.3 Å². The van der Waals surface area contributed by atoms with Crippen LogP contribution in [0.2, 0.25) is 0 Å². The van der Waals surface area contributed by atoms with E-state index in [1.807, 2.05) is 0 Å². The molecule has 1 atom stereocenters. The van der Waals surface area contributed by atoms with Crippen LogP contribution in [-0.2, 0) is 4.79 Å². The van der Waals surface area contributed by atoms with E-state index >= 15 is 0 Å². The number of carbonyl (C=O) groups excluding carboxylic acids is 1. The van der Waals surface area contributed by atoms with Crippen LogP contribution in [0.1, 0.15) is 40.0 Å². The van der Waals surface area contributed by atoms with Gasteiger partial charge in [0.2, 0.25) is 5.91 Å². The van der Waals surface area contributed by atoms with Crippen LogP contribution in [0.15, 0.2) is 0 Å². The van der Waals surface area contributed by atoms with Crippen LogP contribution in [0.4, 0.5) is 0 Å². The highest BCUT2D eigenvalue weighted by atomic mass is 16.1. The molecular weight excluding hydrogens is 202 g/mol. The zero-order valence-corrected chi connectivity index (χ0v) is 10.7. The molecule has 0 bridgehead atoms. The van der Waals surface area contributed by atoms with Gasteiger partial charge in [0.05, 0.1) is 0 Å². The van der Waals surface area contributed by atoms with Gasteiger partial charge in [0.15, 0.2) is 0 Å². The molecule has 1 unspecified atom stereocenters. The van der Waals surface area contributed by atoms with E-state index in [0.717, 1.165) is 13.0 Å². The smallest absolute Gasteiger partial charge is 0.238 e. The van der Waals surface area contributed by atoms with Gasteiger partial charge in [0, 0.05) is 12.6 Å². The summed E-state index contributed by atoms with van der Waals surface area (Å²) >= 11 is 0. The number of carbonyl (C=O) groups is 1. The first-order valence-electron chi connectivity index (χ1n) is 6.16. The standard InChI is InChI=1S/C12H25N3O/c1-9(2)6-7-15(10-4-5-10)8-12(3,14)11(13)16/h9-10H,4-8,14H2,1-3H3,(H2,13,16). The fraction of sp³-hybridized carbons (Fsp3) is 0.917. The second kappa shape index (κ2) is 5.15. The molecule has 1 saturated carbocycles. The van der Waals surface area contributed by atoms with Crippen molar-refractivity contribution in [3.8, 4) is 0 Å². The highest BCUT2D eigenvalue weighted by Gasteiger charge is 2.35. The van der Waals surface area contributed by atoms with Crippen LogP contribution in [-0.4, -0.2) is 35.5 Å². The van der Waals surface area contributed by atoms with Gasteiger partial charge in [-0.05, 0) is 38.6 Å². The summed E-state index contributed by atoms with van der Waals surface area (Å²) in [5.41, 5.74) is 10.3. The minimum Gasteiger partial charge on any atom is -0.368 e. The van der Waals surface area contributed by atoms with Gasteiger partial charge in [-0.3, -0.25) is 9.69 Å². The summed E-state index contributed by atoms with van der Waals surface area (Å²) in [6.45, 7) is 7.74. The number of nitrogens with zero attached hydrogens (tertiary/aromatic N) is 1. The molecule has 4 nitrogen and oxygen atoms in total. The Morgan fingerprint density at radius 1 is 1.50 bits per heavy atom. The van der Waals surface area contributed by atoms with Crippen molar-refractivity contribution >= 4 is 5.91 Å². The molecule has 0 heterocycles. The van der Waals surface area contributed by atoms with Crippen molar-refractivity contribution < 1.29 is 4.79 Å². The van der Waals surface area contributed by atoms with Crippen molar-refractivity contribution in [2.24, 2.45) is 17.4 Å². The van der Waals surface area contributed by atoms with Gasteiger partial charge in [-0.1, -0.05) is 13.8 Å². The fourth-order valence-electron chi connectivity index (χ4n) is 1.75. The van der Waals surface area contributed by atoms with Crippen molar-refractivity contribution in [3.63, 3.8) is 0 Å². The molecule has 16 heavy (non-hydrogen) atoms. The van der Waals surface area contributed by atoms with Crippen LogP contribution in [0.5, 0.6) is 0 Å². The molecule has 1 amide bonds. The summed E-state index contributed by atoms with van der Waals surface area (Å²) in [7, 11) is 0. The summed E-state index contributed by atoms with van der Waals surface area (Å²) in [5.74, 6) is 0.265. The lowest BCUT2D eigenvalue weighted by Gasteiger charge is -2.30. The van der Waals surface area contributed by atoms with Gasteiger partial charge in [0.25, 0.3) is 0 Å². The summed E-state index contributed by atoms with van der Waals surface area (Å²) in [6, 6.07) is 0.626.